The van der Waals surface area contributed by atoms with Crippen molar-refractivity contribution in [1.29, 1.82) is 0 Å². The molecule has 0 atom stereocenters. The molecule has 0 saturated heterocycles. The monoisotopic (exact) mass is 407 g/mol. The highest BCUT2D eigenvalue weighted by molar-refractivity contribution is 7.15. The molecular formula is C22H21N3O3S. The van der Waals surface area contributed by atoms with Crippen molar-refractivity contribution in [2.24, 2.45) is 0 Å². The number of methoxy groups -OCH3 is 1. The van der Waals surface area contributed by atoms with E-state index < -0.39 is 0 Å². The number of hydrogen-bond acceptors (Lipinski definition) is 6. The second-order valence-electron chi connectivity index (χ2n) is 6.52. The zero-order chi connectivity index (χ0) is 20.2. The Hall–Kier alpha value is -3.19. The summed E-state index contributed by atoms with van der Waals surface area (Å²) in [5.74, 6) is 1.90. The molecule has 0 bridgehead atoms. The summed E-state index contributed by atoms with van der Waals surface area (Å²) < 4.78 is 13.1. The largest absolute Gasteiger partial charge is 0.493 e. The second-order valence-corrected chi connectivity index (χ2v) is 7.53. The standard InChI is InChI=1S/C22H21N3O3S/c1-3-4-12-28-17-11-10-15(13-18(17)27-2)14-19-21(26)25-22(29-19)23-20(24-25)16-8-6-5-7-9-16/h5-11,13-14H,3-4,12H2,1-2H3. The first-order chi connectivity index (χ1) is 14.2. The Bertz CT molecular complexity index is 1230. The molecule has 7 heteroatoms. The van der Waals surface area contributed by atoms with Crippen LogP contribution in [0.5, 0.6) is 11.5 Å². The summed E-state index contributed by atoms with van der Waals surface area (Å²) in [6.07, 6.45) is 3.88. The van der Waals surface area contributed by atoms with Crippen LogP contribution in [-0.4, -0.2) is 28.3 Å². The highest BCUT2D eigenvalue weighted by Crippen LogP contribution is 2.28. The molecule has 0 radical (unpaired) electrons. The number of aromatic nitrogens is 3. The maximum atomic E-state index is 12.8. The van der Waals surface area contributed by atoms with Gasteiger partial charge in [0.2, 0.25) is 4.96 Å². The minimum atomic E-state index is -0.179. The number of rotatable bonds is 7. The van der Waals surface area contributed by atoms with E-state index in [1.165, 1.54) is 15.9 Å². The van der Waals surface area contributed by atoms with Gasteiger partial charge in [0.1, 0.15) is 0 Å². The van der Waals surface area contributed by atoms with Crippen molar-refractivity contribution in [3.05, 3.63) is 69.0 Å². The van der Waals surface area contributed by atoms with Gasteiger partial charge in [-0.05, 0) is 30.2 Å². The quantitative estimate of drug-likeness (QED) is 0.438. The van der Waals surface area contributed by atoms with E-state index in [1.54, 1.807) is 7.11 Å². The molecule has 0 saturated carbocycles. The Morgan fingerprint density at radius 1 is 1.14 bits per heavy atom. The second kappa shape index (κ2) is 8.45. The first-order valence-electron chi connectivity index (χ1n) is 9.47. The molecule has 0 aliphatic rings. The lowest BCUT2D eigenvalue weighted by molar-refractivity contribution is 0.288. The molecule has 4 aromatic rings. The van der Waals surface area contributed by atoms with Crippen LogP contribution in [0.3, 0.4) is 0 Å². The molecular weight excluding hydrogens is 386 g/mol. The van der Waals surface area contributed by atoms with E-state index in [-0.39, 0.29) is 5.56 Å². The fourth-order valence-electron chi connectivity index (χ4n) is 2.91. The number of fused-ring (bicyclic) bond motifs is 1. The number of thiazole rings is 1. The molecule has 2 aromatic heterocycles. The van der Waals surface area contributed by atoms with Gasteiger partial charge in [-0.2, -0.15) is 9.50 Å². The van der Waals surface area contributed by atoms with Gasteiger partial charge >= 0.3 is 0 Å². The molecule has 2 heterocycles. The third kappa shape index (κ3) is 4.00. The zero-order valence-electron chi connectivity index (χ0n) is 16.3. The Kier molecular flexibility index (Phi) is 5.57. The Labute approximate surface area is 172 Å². The van der Waals surface area contributed by atoms with Crippen LogP contribution < -0.4 is 19.6 Å². The molecule has 148 valence electrons. The van der Waals surface area contributed by atoms with Gasteiger partial charge < -0.3 is 9.47 Å². The van der Waals surface area contributed by atoms with Crippen LogP contribution in [0.15, 0.2) is 53.3 Å². The fraction of sp³-hybridized carbons (Fsp3) is 0.227. The average Bonchev–Trinajstić information content (AvgIpc) is 3.29. The van der Waals surface area contributed by atoms with Gasteiger partial charge in [-0.15, -0.1) is 5.10 Å². The normalized spacial score (nSPS) is 11.9. The van der Waals surface area contributed by atoms with Gasteiger partial charge in [-0.25, -0.2) is 0 Å². The average molecular weight is 407 g/mol. The predicted octanol–water partition coefficient (Wildman–Crippen LogP) is 3.55. The summed E-state index contributed by atoms with van der Waals surface area (Å²) in [7, 11) is 1.61. The minimum Gasteiger partial charge on any atom is -0.493 e. The molecule has 29 heavy (non-hydrogen) atoms. The van der Waals surface area contributed by atoms with Crippen LogP contribution in [0.2, 0.25) is 0 Å². The number of hydrogen-bond donors (Lipinski definition) is 0. The fourth-order valence-corrected chi connectivity index (χ4v) is 3.82. The van der Waals surface area contributed by atoms with E-state index in [9.17, 15) is 4.79 Å². The maximum absolute atomic E-state index is 12.8. The lowest BCUT2D eigenvalue weighted by atomic mass is 10.2. The van der Waals surface area contributed by atoms with Crippen molar-refractivity contribution in [3.63, 3.8) is 0 Å². The van der Waals surface area contributed by atoms with Gasteiger partial charge in [-0.3, -0.25) is 4.79 Å². The topological polar surface area (TPSA) is 65.7 Å². The lowest BCUT2D eigenvalue weighted by Crippen LogP contribution is -2.23. The van der Waals surface area contributed by atoms with Gasteiger partial charge in [0.05, 0.1) is 18.2 Å². The van der Waals surface area contributed by atoms with Crippen LogP contribution >= 0.6 is 11.3 Å². The number of benzene rings is 2. The summed E-state index contributed by atoms with van der Waals surface area (Å²) in [6.45, 7) is 2.77. The minimum absolute atomic E-state index is 0.179. The zero-order valence-corrected chi connectivity index (χ0v) is 17.1. The highest BCUT2D eigenvalue weighted by Gasteiger charge is 2.12. The molecule has 2 aromatic carbocycles. The summed E-state index contributed by atoms with van der Waals surface area (Å²) >= 11 is 1.32. The lowest BCUT2D eigenvalue weighted by Gasteiger charge is -2.10. The van der Waals surface area contributed by atoms with Crippen molar-refractivity contribution in [3.8, 4) is 22.9 Å². The van der Waals surface area contributed by atoms with E-state index in [0.29, 0.717) is 33.4 Å². The van der Waals surface area contributed by atoms with Crippen molar-refractivity contribution in [2.75, 3.05) is 13.7 Å². The first kappa shape index (κ1) is 19.1. The SMILES string of the molecule is CCCCOc1ccc(C=c2sc3nc(-c4ccccc4)nn3c2=O)cc1OC. The van der Waals surface area contributed by atoms with Crippen molar-refractivity contribution >= 4 is 22.4 Å². The van der Waals surface area contributed by atoms with Crippen molar-refractivity contribution in [1.82, 2.24) is 14.6 Å². The Balaban J connectivity index is 1.66. The maximum Gasteiger partial charge on any atom is 0.291 e. The predicted molar refractivity (Wildman–Crippen MR) is 115 cm³/mol. The molecule has 0 aliphatic carbocycles. The molecule has 0 unspecified atom stereocenters. The van der Waals surface area contributed by atoms with E-state index in [0.717, 1.165) is 24.0 Å². The highest BCUT2D eigenvalue weighted by atomic mass is 32.1. The first-order valence-corrected chi connectivity index (χ1v) is 10.3. The summed E-state index contributed by atoms with van der Waals surface area (Å²) in [6, 6.07) is 15.3. The third-order valence-corrected chi connectivity index (χ3v) is 5.41. The van der Waals surface area contributed by atoms with E-state index in [1.807, 2.05) is 54.6 Å². The number of nitrogens with zero attached hydrogens (tertiary/aromatic N) is 3. The summed E-state index contributed by atoms with van der Waals surface area (Å²) in [5, 5.41) is 4.37. The molecule has 6 nitrogen and oxygen atoms in total. The summed E-state index contributed by atoms with van der Waals surface area (Å²) in [5.41, 5.74) is 1.56. The van der Waals surface area contributed by atoms with Crippen LogP contribution in [0.1, 0.15) is 25.3 Å². The van der Waals surface area contributed by atoms with Gasteiger partial charge in [0, 0.05) is 5.56 Å². The Morgan fingerprint density at radius 2 is 1.97 bits per heavy atom. The molecule has 0 fully saturated rings. The smallest absolute Gasteiger partial charge is 0.291 e. The van der Waals surface area contributed by atoms with Crippen molar-refractivity contribution < 1.29 is 9.47 Å². The van der Waals surface area contributed by atoms with Gasteiger partial charge in [0.15, 0.2) is 17.3 Å². The van der Waals surface area contributed by atoms with Gasteiger partial charge in [-0.1, -0.05) is 61.1 Å². The Morgan fingerprint density at radius 3 is 2.69 bits per heavy atom. The van der Waals surface area contributed by atoms with E-state index in [4.69, 9.17) is 9.47 Å². The van der Waals surface area contributed by atoms with Gasteiger partial charge in [0.25, 0.3) is 5.56 Å². The molecule has 4 rings (SSSR count). The van der Waals surface area contributed by atoms with E-state index >= 15 is 0 Å². The van der Waals surface area contributed by atoms with Crippen LogP contribution in [0, 0.1) is 0 Å². The number of unbranched alkanes of at least 4 members (excludes halogenated alkanes) is 1. The molecule has 0 aliphatic heterocycles. The molecule has 0 amide bonds. The number of ether oxygens (including phenoxy) is 2. The van der Waals surface area contributed by atoms with Crippen LogP contribution in [0.4, 0.5) is 0 Å². The third-order valence-electron chi connectivity index (χ3n) is 4.45. The van der Waals surface area contributed by atoms with E-state index in [2.05, 4.69) is 17.0 Å². The van der Waals surface area contributed by atoms with Crippen molar-refractivity contribution in [2.45, 2.75) is 19.8 Å². The molecule has 0 spiro atoms. The molecule has 0 N–H and O–H groups in total. The summed E-state index contributed by atoms with van der Waals surface area (Å²) in [4.78, 5) is 17.8. The van der Waals surface area contributed by atoms with Crippen LogP contribution in [0.25, 0.3) is 22.4 Å². The van der Waals surface area contributed by atoms with Crippen LogP contribution in [-0.2, 0) is 0 Å².